The van der Waals surface area contributed by atoms with Crippen molar-refractivity contribution in [1.29, 1.82) is 5.26 Å². The zero-order chi connectivity index (χ0) is 22.3. The third-order valence-electron chi connectivity index (χ3n) is 4.90. The van der Waals surface area contributed by atoms with Gasteiger partial charge in [-0.15, -0.1) is 11.3 Å². The van der Waals surface area contributed by atoms with Gasteiger partial charge in [0.2, 0.25) is 0 Å². The van der Waals surface area contributed by atoms with Crippen molar-refractivity contribution in [2.75, 3.05) is 13.7 Å². The normalized spacial score (nSPS) is 10.5. The highest BCUT2D eigenvalue weighted by molar-refractivity contribution is 7.13. The van der Waals surface area contributed by atoms with Crippen molar-refractivity contribution in [1.82, 2.24) is 19.7 Å². The van der Waals surface area contributed by atoms with Gasteiger partial charge < -0.3 is 9.64 Å². The maximum absolute atomic E-state index is 13.7. The van der Waals surface area contributed by atoms with Crippen LogP contribution in [0.25, 0.3) is 16.3 Å². The van der Waals surface area contributed by atoms with Crippen LogP contribution in [0.2, 0.25) is 0 Å². The van der Waals surface area contributed by atoms with E-state index in [4.69, 9.17) is 15.1 Å². The quantitative estimate of drug-likeness (QED) is 0.399. The first-order valence-corrected chi connectivity index (χ1v) is 10.9. The third kappa shape index (κ3) is 4.68. The predicted octanol–water partition coefficient (Wildman–Crippen LogP) is 4.56. The second kappa shape index (κ2) is 9.90. The Balaban J connectivity index is 1.74. The molecule has 32 heavy (non-hydrogen) atoms. The second-order valence-electron chi connectivity index (χ2n) is 7.00. The molecule has 0 aliphatic rings. The molecule has 1 aromatic carbocycles. The molecule has 0 fully saturated rings. The van der Waals surface area contributed by atoms with Crippen molar-refractivity contribution in [3.63, 3.8) is 0 Å². The fourth-order valence-electron chi connectivity index (χ4n) is 3.31. The highest BCUT2D eigenvalue weighted by Gasteiger charge is 2.23. The molecule has 0 N–H and O–H groups in total. The van der Waals surface area contributed by atoms with Crippen LogP contribution >= 0.6 is 11.3 Å². The summed E-state index contributed by atoms with van der Waals surface area (Å²) in [5, 5.41) is 15.8. The molecule has 0 aliphatic carbocycles. The van der Waals surface area contributed by atoms with E-state index in [1.54, 1.807) is 46.5 Å². The molecule has 7 nitrogen and oxygen atoms in total. The van der Waals surface area contributed by atoms with Crippen LogP contribution in [0.5, 0.6) is 5.75 Å². The van der Waals surface area contributed by atoms with E-state index in [0.717, 1.165) is 27.6 Å². The molecule has 0 radical (unpaired) electrons. The Labute approximate surface area is 190 Å². The van der Waals surface area contributed by atoms with E-state index in [2.05, 4.69) is 11.1 Å². The molecule has 0 saturated carbocycles. The third-order valence-corrected chi connectivity index (χ3v) is 5.79. The van der Waals surface area contributed by atoms with E-state index in [1.807, 2.05) is 53.9 Å². The number of ether oxygens (including phenoxy) is 1. The Morgan fingerprint density at radius 3 is 2.72 bits per heavy atom. The minimum atomic E-state index is -0.199. The van der Waals surface area contributed by atoms with Crippen molar-refractivity contribution in [3.05, 3.63) is 83.6 Å². The lowest BCUT2D eigenvalue weighted by atomic mass is 10.2. The van der Waals surface area contributed by atoms with Crippen LogP contribution < -0.4 is 4.74 Å². The molecule has 0 aliphatic heterocycles. The van der Waals surface area contributed by atoms with Gasteiger partial charge in [0.1, 0.15) is 17.1 Å². The van der Waals surface area contributed by atoms with Gasteiger partial charge in [-0.25, -0.2) is 4.68 Å². The maximum Gasteiger partial charge on any atom is 0.272 e. The summed E-state index contributed by atoms with van der Waals surface area (Å²) < 4.78 is 6.91. The highest BCUT2D eigenvalue weighted by Crippen LogP contribution is 2.27. The predicted molar refractivity (Wildman–Crippen MR) is 123 cm³/mol. The van der Waals surface area contributed by atoms with Crippen molar-refractivity contribution < 1.29 is 9.53 Å². The Bertz CT molecular complexity index is 1210. The van der Waals surface area contributed by atoms with Crippen molar-refractivity contribution in [3.8, 4) is 28.1 Å². The van der Waals surface area contributed by atoms with E-state index in [9.17, 15) is 4.79 Å². The molecule has 8 heteroatoms. The number of nitriles is 1. The molecule has 0 saturated heterocycles. The number of pyridine rings is 1. The highest BCUT2D eigenvalue weighted by atomic mass is 32.1. The van der Waals surface area contributed by atoms with Crippen LogP contribution in [0, 0.1) is 11.3 Å². The van der Waals surface area contributed by atoms with Crippen LogP contribution in [-0.2, 0) is 6.54 Å². The fourth-order valence-corrected chi connectivity index (χ4v) is 3.99. The lowest BCUT2D eigenvalue weighted by Crippen LogP contribution is -2.33. The first kappa shape index (κ1) is 21.3. The number of rotatable bonds is 8. The Kier molecular flexibility index (Phi) is 6.58. The van der Waals surface area contributed by atoms with E-state index in [1.165, 1.54) is 0 Å². The zero-order valence-electron chi connectivity index (χ0n) is 17.5. The lowest BCUT2D eigenvalue weighted by Gasteiger charge is -2.22. The minimum Gasteiger partial charge on any atom is -0.497 e. The van der Waals surface area contributed by atoms with Gasteiger partial charge in [0.05, 0.1) is 30.2 Å². The summed E-state index contributed by atoms with van der Waals surface area (Å²) in [7, 11) is 1.61. The van der Waals surface area contributed by atoms with Crippen molar-refractivity contribution in [2.45, 2.75) is 13.0 Å². The Morgan fingerprint density at radius 2 is 2.06 bits per heavy atom. The number of carbonyl (C=O) groups excluding carboxylic acids is 1. The van der Waals surface area contributed by atoms with Crippen molar-refractivity contribution in [2.24, 2.45) is 0 Å². The average Bonchev–Trinajstić information content (AvgIpc) is 3.52. The van der Waals surface area contributed by atoms with E-state index < -0.39 is 0 Å². The maximum atomic E-state index is 13.7. The summed E-state index contributed by atoms with van der Waals surface area (Å²) in [5.74, 6) is 0.523. The molecule has 3 aromatic heterocycles. The summed E-state index contributed by atoms with van der Waals surface area (Å²) >= 11 is 1.56. The van der Waals surface area contributed by atoms with Gasteiger partial charge in [0.25, 0.3) is 5.91 Å². The molecule has 1 amide bonds. The molecular formula is C24H21N5O2S. The smallest absolute Gasteiger partial charge is 0.272 e. The number of amides is 1. The number of thiophene rings is 1. The molecule has 0 spiro atoms. The number of hydrogen-bond acceptors (Lipinski definition) is 6. The lowest BCUT2D eigenvalue weighted by molar-refractivity contribution is 0.0737. The molecule has 0 unspecified atom stereocenters. The van der Waals surface area contributed by atoms with E-state index >= 15 is 0 Å². The van der Waals surface area contributed by atoms with Gasteiger partial charge in [0, 0.05) is 25.5 Å². The summed E-state index contributed by atoms with van der Waals surface area (Å²) in [4.78, 5) is 20.4. The van der Waals surface area contributed by atoms with Gasteiger partial charge in [-0.3, -0.25) is 9.78 Å². The number of nitrogens with zero attached hydrogens (tertiary/aromatic N) is 5. The monoisotopic (exact) mass is 443 g/mol. The molecule has 0 atom stereocenters. The van der Waals surface area contributed by atoms with Gasteiger partial charge in [-0.1, -0.05) is 12.1 Å². The number of aromatic nitrogens is 3. The summed E-state index contributed by atoms with van der Waals surface area (Å²) in [6.07, 6.45) is 3.65. The zero-order valence-corrected chi connectivity index (χ0v) is 18.3. The number of benzene rings is 1. The summed E-state index contributed by atoms with van der Waals surface area (Å²) in [5.41, 5.74) is 2.80. The molecule has 0 bridgehead atoms. The first-order valence-electron chi connectivity index (χ1n) is 10.0. The van der Waals surface area contributed by atoms with E-state index in [0.29, 0.717) is 18.8 Å². The van der Waals surface area contributed by atoms with Gasteiger partial charge in [0.15, 0.2) is 0 Å². The van der Waals surface area contributed by atoms with Gasteiger partial charge in [-0.2, -0.15) is 10.4 Å². The standard InChI is InChI=1S/C24H21N5O2S/c1-31-20-9-7-19(8-10-20)29-22(15-21(27-29)23-6-3-14-32-23)24(30)28(13-4-11-25)17-18-5-2-12-26-16-18/h2-3,5-10,12,14-16H,4,13,17H2,1H3. The number of carbonyl (C=O) groups is 1. The van der Waals surface area contributed by atoms with Crippen LogP contribution in [0.1, 0.15) is 22.5 Å². The molecule has 4 rings (SSSR count). The average molecular weight is 444 g/mol. The van der Waals surface area contributed by atoms with E-state index in [-0.39, 0.29) is 12.3 Å². The van der Waals surface area contributed by atoms with Crippen LogP contribution in [0.15, 0.2) is 72.4 Å². The Morgan fingerprint density at radius 1 is 1.22 bits per heavy atom. The second-order valence-corrected chi connectivity index (χ2v) is 7.95. The number of methoxy groups -OCH3 is 1. The van der Waals surface area contributed by atoms with Gasteiger partial charge >= 0.3 is 0 Å². The minimum absolute atomic E-state index is 0.199. The first-order chi connectivity index (χ1) is 15.7. The Hall–Kier alpha value is -3.96. The SMILES string of the molecule is COc1ccc(-n2nc(-c3cccs3)cc2C(=O)N(CCC#N)Cc2cccnc2)cc1. The summed E-state index contributed by atoms with van der Waals surface area (Å²) in [6, 6.07) is 19.0. The fraction of sp³-hybridized carbons (Fsp3) is 0.167. The number of hydrogen-bond donors (Lipinski definition) is 0. The van der Waals surface area contributed by atoms with Crippen molar-refractivity contribution >= 4 is 17.2 Å². The summed E-state index contributed by atoms with van der Waals surface area (Å²) in [6.45, 7) is 0.669. The molecule has 4 aromatic rings. The van der Waals surface area contributed by atoms with Crippen LogP contribution in [0.3, 0.4) is 0 Å². The largest absolute Gasteiger partial charge is 0.497 e. The molecule has 160 valence electrons. The molecule has 3 heterocycles. The van der Waals surface area contributed by atoms with Gasteiger partial charge in [-0.05, 0) is 53.4 Å². The van der Waals surface area contributed by atoms with Crippen LogP contribution in [-0.4, -0.2) is 39.2 Å². The topological polar surface area (TPSA) is 84.0 Å². The molecular weight excluding hydrogens is 422 g/mol. The van der Waals surface area contributed by atoms with Crippen LogP contribution in [0.4, 0.5) is 0 Å².